The van der Waals surface area contributed by atoms with Gasteiger partial charge >= 0.3 is 0 Å². The third-order valence-electron chi connectivity index (χ3n) is 5.24. The second kappa shape index (κ2) is 6.93. The Balaban J connectivity index is 1.29. The van der Waals surface area contributed by atoms with Crippen molar-refractivity contribution in [3.8, 4) is 0 Å². The van der Waals surface area contributed by atoms with E-state index in [1.807, 2.05) is 18.2 Å². The molecule has 1 aliphatic rings. The molecule has 3 heterocycles. The van der Waals surface area contributed by atoms with Crippen molar-refractivity contribution in [3.05, 3.63) is 72.7 Å². The summed E-state index contributed by atoms with van der Waals surface area (Å²) in [7, 11) is 0. The van der Waals surface area contributed by atoms with Crippen molar-refractivity contribution in [1.29, 1.82) is 0 Å². The fraction of sp³-hybridized carbons (Fsp3) is 0.227. The summed E-state index contributed by atoms with van der Waals surface area (Å²) < 4.78 is 0. The molecule has 1 saturated heterocycles. The Hall–Kier alpha value is -3.05. The molecule has 2 aromatic carbocycles. The Morgan fingerprint density at radius 1 is 0.741 bits per heavy atom. The lowest BCUT2D eigenvalue weighted by molar-refractivity contribution is 0.247. The Morgan fingerprint density at radius 3 is 2.41 bits per heavy atom. The van der Waals surface area contributed by atoms with Gasteiger partial charge in [0.1, 0.15) is 12.1 Å². The number of aromatic nitrogens is 3. The van der Waals surface area contributed by atoms with Gasteiger partial charge in [-0.2, -0.15) is 0 Å². The third-order valence-corrected chi connectivity index (χ3v) is 5.24. The highest BCUT2D eigenvalue weighted by Gasteiger charge is 2.20. The summed E-state index contributed by atoms with van der Waals surface area (Å²) in [6.07, 6.45) is 1.67. The van der Waals surface area contributed by atoms with Crippen LogP contribution in [0.15, 0.2) is 67.0 Å². The zero-order valence-electron chi connectivity index (χ0n) is 15.1. The predicted molar refractivity (Wildman–Crippen MR) is 109 cm³/mol. The monoisotopic (exact) mass is 355 g/mol. The van der Waals surface area contributed by atoms with Crippen LogP contribution in [0.3, 0.4) is 0 Å². The number of piperazine rings is 1. The summed E-state index contributed by atoms with van der Waals surface area (Å²) in [6, 6.07) is 20.8. The fourth-order valence-electron chi connectivity index (χ4n) is 3.79. The van der Waals surface area contributed by atoms with E-state index in [1.165, 1.54) is 5.39 Å². The van der Waals surface area contributed by atoms with Gasteiger partial charge in [-0.1, -0.05) is 36.4 Å². The molecule has 27 heavy (non-hydrogen) atoms. The van der Waals surface area contributed by atoms with Gasteiger partial charge in [0, 0.05) is 43.5 Å². The summed E-state index contributed by atoms with van der Waals surface area (Å²) in [5, 5.41) is 2.33. The number of anilines is 1. The van der Waals surface area contributed by atoms with Crippen molar-refractivity contribution >= 4 is 27.6 Å². The SMILES string of the molecule is c1ccc2nc(CN3CCN(c4ncnc5ccccc45)CC3)ccc2c1. The quantitative estimate of drug-likeness (QED) is 0.563. The molecule has 0 spiro atoms. The number of para-hydroxylation sites is 2. The Labute approximate surface area is 158 Å². The topological polar surface area (TPSA) is 45.2 Å². The van der Waals surface area contributed by atoms with Crippen molar-refractivity contribution in [1.82, 2.24) is 19.9 Å². The highest BCUT2D eigenvalue weighted by Crippen LogP contribution is 2.24. The number of fused-ring (bicyclic) bond motifs is 2. The number of pyridine rings is 1. The number of hydrogen-bond donors (Lipinski definition) is 0. The summed E-state index contributed by atoms with van der Waals surface area (Å²) in [6.45, 7) is 4.84. The fourth-order valence-corrected chi connectivity index (χ4v) is 3.79. The van der Waals surface area contributed by atoms with Crippen molar-refractivity contribution in [2.45, 2.75) is 6.54 Å². The van der Waals surface area contributed by atoms with Gasteiger partial charge in [-0.05, 0) is 24.3 Å². The van der Waals surface area contributed by atoms with Crippen molar-refractivity contribution < 1.29 is 0 Å². The molecule has 5 rings (SSSR count). The van der Waals surface area contributed by atoms with Gasteiger partial charge in [0.15, 0.2) is 0 Å². The van der Waals surface area contributed by atoms with Crippen molar-refractivity contribution in [3.63, 3.8) is 0 Å². The van der Waals surface area contributed by atoms with E-state index in [0.717, 1.165) is 60.7 Å². The smallest absolute Gasteiger partial charge is 0.139 e. The molecule has 1 aliphatic heterocycles. The van der Waals surface area contributed by atoms with E-state index < -0.39 is 0 Å². The maximum Gasteiger partial charge on any atom is 0.139 e. The minimum Gasteiger partial charge on any atom is -0.353 e. The van der Waals surface area contributed by atoms with Crippen LogP contribution in [0.1, 0.15) is 5.69 Å². The van der Waals surface area contributed by atoms with Crippen LogP contribution < -0.4 is 4.90 Å². The van der Waals surface area contributed by atoms with Gasteiger partial charge in [0.25, 0.3) is 0 Å². The molecule has 0 atom stereocenters. The molecule has 5 nitrogen and oxygen atoms in total. The van der Waals surface area contributed by atoms with Crippen molar-refractivity contribution in [2.24, 2.45) is 0 Å². The molecule has 0 radical (unpaired) electrons. The first-order valence-corrected chi connectivity index (χ1v) is 9.38. The van der Waals surface area contributed by atoms with E-state index in [2.05, 4.69) is 62.2 Å². The molecule has 5 heteroatoms. The van der Waals surface area contributed by atoms with Gasteiger partial charge in [-0.3, -0.25) is 9.88 Å². The van der Waals surface area contributed by atoms with Crippen LogP contribution in [0.5, 0.6) is 0 Å². The van der Waals surface area contributed by atoms with E-state index in [-0.39, 0.29) is 0 Å². The highest BCUT2D eigenvalue weighted by molar-refractivity contribution is 5.89. The molecular formula is C22H21N5. The van der Waals surface area contributed by atoms with Gasteiger partial charge in [0.05, 0.1) is 16.7 Å². The summed E-state index contributed by atoms with van der Waals surface area (Å²) in [5.41, 5.74) is 3.21. The van der Waals surface area contributed by atoms with E-state index in [4.69, 9.17) is 4.98 Å². The van der Waals surface area contributed by atoms with Crippen molar-refractivity contribution in [2.75, 3.05) is 31.1 Å². The average molecular weight is 355 g/mol. The second-order valence-corrected chi connectivity index (χ2v) is 6.97. The molecule has 0 aliphatic carbocycles. The largest absolute Gasteiger partial charge is 0.353 e. The standard InChI is InChI=1S/C22H21N5/c1-3-7-20-17(5-1)9-10-18(25-20)15-26-11-13-27(14-12-26)22-19-6-2-4-8-21(19)23-16-24-22/h1-10,16H,11-15H2. The Kier molecular flexibility index (Phi) is 4.14. The lowest BCUT2D eigenvalue weighted by Gasteiger charge is -2.35. The molecule has 0 saturated carbocycles. The molecule has 0 unspecified atom stereocenters. The van der Waals surface area contributed by atoms with Crippen LogP contribution in [0.25, 0.3) is 21.8 Å². The van der Waals surface area contributed by atoms with Gasteiger partial charge in [-0.15, -0.1) is 0 Å². The molecule has 4 aromatic rings. The molecule has 2 aromatic heterocycles. The molecule has 0 N–H and O–H groups in total. The first-order valence-electron chi connectivity index (χ1n) is 9.38. The van der Waals surface area contributed by atoms with E-state index in [9.17, 15) is 0 Å². The lowest BCUT2D eigenvalue weighted by Crippen LogP contribution is -2.46. The zero-order valence-corrected chi connectivity index (χ0v) is 15.1. The minimum absolute atomic E-state index is 0.892. The second-order valence-electron chi connectivity index (χ2n) is 6.97. The van der Waals surface area contributed by atoms with E-state index in [0.29, 0.717) is 0 Å². The van der Waals surface area contributed by atoms with E-state index >= 15 is 0 Å². The summed E-state index contributed by atoms with van der Waals surface area (Å²) in [4.78, 5) is 18.6. The average Bonchev–Trinajstić information content (AvgIpc) is 2.74. The molecule has 1 fully saturated rings. The number of benzene rings is 2. The zero-order chi connectivity index (χ0) is 18.1. The molecular weight excluding hydrogens is 334 g/mol. The number of rotatable bonds is 3. The van der Waals surface area contributed by atoms with Crippen LogP contribution in [0.4, 0.5) is 5.82 Å². The highest BCUT2D eigenvalue weighted by atomic mass is 15.3. The van der Waals surface area contributed by atoms with Gasteiger partial charge in [0.2, 0.25) is 0 Å². The lowest BCUT2D eigenvalue weighted by atomic mass is 10.2. The summed E-state index contributed by atoms with van der Waals surface area (Å²) in [5.74, 6) is 1.05. The van der Waals surface area contributed by atoms with Gasteiger partial charge < -0.3 is 4.90 Å². The number of nitrogens with zero attached hydrogens (tertiary/aromatic N) is 5. The van der Waals surface area contributed by atoms with Gasteiger partial charge in [-0.25, -0.2) is 9.97 Å². The minimum atomic E-state index is 0.892. The molecule has 134 valence electrons. The van der Waals surface area contributed by atoms with Crippen LogP contribution >= 0.6 is 0 Å². The van der Waals surface area contributed by atoms with Crippen LogP contribution in [0.2, 0.25) is 0 Å². The Morgan fingerprint density at radius 2 is 1.52 bits per heavy atom. The van der Waals surface area contributed by atoms with Crippen LogP contribution in [-0.4, -0.2) is 46.0 Å². The number of hydrogen-bond acceptors (Lipinski definition) is 5. The first kappa shape index (κ1) is 16.1. The third kappa shape index (κ3) is 3.22. The normalized spacial score (nSPS) is 15.5. The predicted octanol–water partition coefficient (Wildman–Crippen LogP) is 3.50. The summed E-state index contributed by atoms with van der Waals surface area (Å²) >= 11 is 0. The maximum atomic E-state index is 4.81. The Bertz CT molecular complexity index is 1080. The van der Waals surface area contributed by atoms with Crippen LogP contribution in [-0.2, 0) is 6.54 Å². The maximum absolute atomic E-state index is 4.81. The van der Waals surface area contributed by atoms with E-state index in [1.54, 1.807) is 6.33 Å². The van der Waals surface area contributed by atoms with Crippen LogP contribution in [0, 0.1) is 0 Å². The molecule has 0 bridgehead atoms. The molecule has 0 amide bonds. The first-order chi connectivity index (χ1) is 13.4.